The van der Waals surface area contributed by atoms with Crippen molar-refractivity contribution in [2.45, 2.75) is 85.1 Å². The first-order chi connectivity index (χ1) is 23.2. The summed E-state index contributed by atoms with van der Waals surface area (Å²) in [6.45, 7) is 23.9. The summed E-state index contributed by atoms with van der Waals surface area (Å²) < 4.78 is 79.0. The first-order valence-electron chi connectivity index (χ1n) is 19.0. The summed E-state index contributed by atoms with van der Waals surface area (Å²) >= 11 is 3.27. The zero-order valence-electron chi connectivity index (χ0n) is 36.4. The van der Waals surface area contributed by atoms with Crippen molar-refractivity contribution in [3.05, 3.63) is 96.1 Å². The van der Waals surface area contributed by atoms with E-state index < -0.39 is 16.1 Å². The first-order valence-corrected chi connectivity index (χ1v) is 21.9. The highest BCUT2D eigenvalue weighted by Gasteiger charge is 2.22. The minimum atomic E-state index is -1.59. The molecule has 4 aromatic rings. The Morgan fingerprint density at radius 1 is 0.683 bits per heavy atom. The molecule has 0 amide bonds. The molecule has 0 saturated carbocycles. The first kappa shape index (κ1) is 22.2. The number of rotatable bonds is 6. The highest BCUT2D eigenvalue weighted by molar-refractivity contribution is 9.09. The molecule has 2 nitrogen and oxygen atoms in total. The molecule has 0 atom stereocenters. The second kappa shape index (κ2) is 15.8. The van der Waals surface area contributed by atoms with Gasteiger partial charge in [0.25, 0.3) is 0 Å². The second-order valence-corrected chi connectivity index (χ2v) is 24.6. The molecule has 0 aliphatic carbocycles. The summed E-state index contributed by atoms with van der Waals surface area (Å²) in [5.41, 5.74) is 3.45. The van der Waals surface area contributed by atoms with Crippen molar-refractivity contribution in [2.75, 3.05) is 0 Å². The number of benzene rings is 2. The number of aromatic nitrogens is 2. The van der Waals surface area contributed by atoms with Gasteiger partial charge in [-0.15, -0.1) is 0 Å². The zero-order chi connectivity index (χ0) is 39.5. The molecule has 0 radical (unpaired) electrons. The summed E-state index contributed by atoms with van der Waals surface area (Å²) in [5, 5.41) is 2.47. The quantitative estimate of drug-likeness (QED) is 0.152. The number of pyridine rings is 2. The van der Waals surface area contributed by atoms with Gasteiger partial charge >= 0.3 is 0 Å². The van der Waals surface area contributed by atoms with Crippen LogP contribution < -0.4 is 10.4 Å². The van der Waals surface area contributed by atoms with Crippen molar-refractivity contribution in [2.24, 2.45) is 5.92 Å². The Hall–Kier alpha value is -2.35. The van der Waals surface area contributed by atoms with Crippen LogP contribution in [0.3, 0.4) is 0 Å². The smallest absolute Gasteiger partial charge is 0.0799 e. The summed E-state index contributed by atoms with van der Waals surface area (Å²) in [7, 11) is -3.11. The average Bonchev–Trinajstić information content (AvgIpc) is 3.00. The molecule has 0 bridgehead atoms. The Labute approximate surface area is 275 Å². The Kier molecular flexibility index (Phi) is 8.54. The number of hydrogen-bond donors (Lipinski definition) is 0. The van der Waals surface area contributed by atoms with Crippen molar-refractivity contribution in [1.82, 2.24) is 9.97 Å². The molecule has 0 aliphatic heterocycles. The molecule has 220 valence electrons. The molecule has 0 unspecified atom stereocenters. The van der Waals surface area contributed by atoms with Crippen LogP contribution in [0.4, 0.5) is 0 Å². The Morgan fingerprint density at radius 3 is 1.44 bits per heavy atom. The van der Waals surface area contributed by atoms with Crippen molar-refractivity contribution < 1.29 is 13.7 Å². The number of nitrogens with zero attached hydrogens (tertiary/aromatic N) is 2. The maximum Gasteiger partial charge on any atom is 0.0799 e. The van der Waals surface area contributed by atoms with Crippen LogP contribution in [0.25, 0.3) is 22.5 Å². The number of aryl methyl sites for hydroxylation is 1. The Morgan fingerprint density at radius 2 is 1.07 bits per heavy atom. The molecule has 0 spiro atoms. The molecular weight excluding hydrogens is 596 g/mol. The van der Waals surface area contributed by atoms with E-state index in [1.54, 1.807) is 6.20 Å². The lowest BCUT2D eigenvalue weighted by Gasteiger charge is -2.22. The van der Waals surface area contributed by atoms with E-state index in [1.807, 2.05) is 25.3 Å². The van der Waals surface area contributed by atoms with Crippen LogP contribution >= 0.6 is 15.9 Å². The van der Waals surface area contributed by atoms with E-state index in [0.717, 1.165) is 12.0 Å². The summed E-state index contributed by atoms with van der Waals surface area (Å²) in [5.74, 6) is 0.463. The van der Waals surface area contributed by atoms with Crippen LogP contribution in [-0.2, 0) is 6.42 Å². The topological polar surface area (TPSA) is 25.8 Å². The maximum atomic E-state index is 8.16. The standard InChI is InChI=1S/C18H25NSi.C15H19NSi.C3H7Br/c1-14(2)11-16-12-17(15-9-7-6-8-10-15)19-13-18(16)20(3,4)5;1-12-10-14(13-8-6-5-7-9-13)16-11-15(12)17(2,3)4;1-3(2)4/h6-10,12-14H,11H2,1-5H3;5-11H,1-4H3;3H,1-2H3/i6D,7D,8D,9D,10D;5D,6D,7D,8D,9D;. The molecule has 0 aliphatic rings. The summed E-state index contributed by atoms with van der Waals surface area (Å²) in [6, 6.07) is 0.864. The van der Waals surface area contributed by atoms with E-state index in [1.165, 1.54) is 15.9 Å². The van der Waals surface area contributed by atoms with Crippen molar-refractivity contribution in [1.29, 1.82) is 0 Å². The van der Waals surface area contributed by atoms with Crippen LogP contribution in [0.15, 0.2) is 85.0 Å². The number of halogens is 1. The normalized spacial score (nSPS) is 14.9. The fourth-order valence-corrected chi connectivity index (χ4v) is 7.45. The van der Waals surface area contributed by atoms with Crippen molar-refractivity contribution in [3.8, 4) is 22.5 Å². The lowest BCUT2D eigenvalue weighted by Crippen LogP contribution is -2.40. The van der Waals surface area contributed by atoms with Gasteiger partial charge in [-0.1, -0.05) is 143 Å². The minimum Gasteiger partial charge on any atom is -0.256 e. The third-order valence-electron chi connectivity index (χ3n) is 5.86. The lowest BCUT2D eigenvalue weighted by atomic mass is 10.0. The molecule has 5 heteroatoms. The Balaban J connectivity index is 0.000000322. The van der Waals surface area contributed by atoms with Crippen LogP contribution in [-0.4, -0.2) is 30.9 Å². The average molecular weight is 658 g/mol. The van der Waals surface area contributed by atoms with Gasteiger partial charge in [0.15, 0.2) is 0 Å². The van der Waals surface area contributed by atoms with E-state index >= 15 is 0 Å². The van der Waals surface area contributed by atoms with Crippen LogP contribution in [0.1, 0.15) is 52.5 Å². The largest absolute Gasteiger partial charge is 0.256 e. The highest BCUT2D eigenvalue weighted by Crippen LogP contribution is 2.20. The molecule has 0 fully saturated rings. The van der Waals surface area contributed by atoms with E-state index in [9.17, 15) is 0 Å². The van der Waals surface area contributed by atoms with Crippen LogP contribution in [0.5, 0.6) is 0 Å². The van der Waals surface area contributed by atoms with Gasteiger partial charge in [0.05, 0.1) is 41.2 Å². The zero-order valence-corrected chi connectivity index (χ0v) is 30.0. The van der Waals surface area contributed by atoms with E-state index in [-0.39, 0.29) is 71.6 Å². The van der Waals surface area contributed by atoms with Gasteiger partial charge in [0.2, 0.25) is 0 Å². The van der Waals surface area contributed by atoms with E-state index in [4.69, 9.17) is 13.7 Å². The molecular formula is C36H51BrN2Si2. The maximum absolute atomic E-state index is 8.16. The lowest BCUT2D eigenvalue weighted by molar-refractivity contribution is 0.649. The van der Waals surface area contributed by atoms with Gasteiger partial charge in [-0.3, -0.25) is 9.97 Å². The highest BCUT2D eigenvalue weighted by atomic mass is 79.9. The van der Waals surface area contributed by atoms with Crippen molar-refractivity contribution in [3.63, 3.8) is 0 Å². The number of hydrogen-bond acceptors (Lipinski definition) is 2. The predicted molar refractivity (Wildman–Crippen MR) is 193 cm³/mol. The van der Waals surface area contributed by atoms with Gasteiger partial charge in [-0.25, -0.2) is 0 Å². The molecule has 2 aromatic heterocycles. The Bertz CT molecular complexity index is 1830. The van der Waals surface area contributed by atoms with Gasteiger partial charge < -0.3 is 0 Å². The minimum absolute atomic E-state index is 0.163. The van der Waals surface area contributed by atoms with E-state index in [0.29, 0.717) is 22.1 Å². The second-order valence-electron chi connectivity index (χ2n) is 12.7. The van der Waals surface area contributed by atoms with Gasteiger partial charge in [-0.05, 0) is 52.9 Å². The third kappa shape index (κ3) is 11.8. The summed E-state index contributed by atoms with van der Waals surface area (Å²) in [6.07, 6.45) is 4.52. The predicted octanol–water partition coefficient (Wildman–Crippen LogP) is 9.88. The molecule has 4 rings (SSSR count). The fourth-order valence-electron chi connectivity index (χ4n) is 4.15. The van der Waals surface area contributed by atoms with E-state index in [2.05, 4.69) is 92.9 Å². The molecule has 41 heavy (non-hydrogen) atoms. The molecule has 2 aromatic carbocycles. The SMILES string of the molecule is CC(C)Br.[2H]c1c([2H])c([2H])c(-c2cc(C)c([Si](C)(C)C)cn2)c([2H])c1[2H].[2H]c1c([2H])c([2H])c(-c2cc(CC(C)C)c([Si](C)(C)C)cn2)c([2H])c1[2H]. The van der Waals surface area contributed by atoms with Crippen LogP contribution in [0, 0.1) is 12.8 Å². The number of alkyl halides is 1. The molecule has 2 heterocycles. The van der Waals surface area contributed by atoms with Crippen LogP contribution in [0.2, 0.25) is 39.3 Å². The van der Waals surface area contributed by atoms with Crippen molar-refractivity contribution >= 4 is 42.5 Å². The third-order valence-corrected chi connectivity index (χ3v) is 10.1. The molecule has 0 saturated heterocycles. The monoisotopic (exact) mass is 656 g/mol. The van der Waals surface area contributed by atoms with Gasteiger partial charge in [-0.2, -0.15) is 0 Å². The van der Waals surface area contributed by atoms with Gasteiger partial charge in [0, 0.05) is 28.3 Å². The van der Waals surface area contributed by atoms with Gasteiger partial charge in [0.1, 0.15) is 0 Å². The fraction of sp³-hybridized carbons (Fsp3) is 0.389. The molecule has 0 N–H and O–H groups in total. The summed E-state index contributed by atoms with van der Waals surface area (Å²) in [4.78, 5) is 9.51.